The van der Waals surface area contributed by atoms with E-state index in [9.17, 15) is 4.79 Å². The molecule has 1 amide bonds. The van der Waals surface area contributed by atoms with E-state index in [-0.39, 0.29) is 5.91 Å². The first kappa shape index (κ1) is 15.4. The van der Waals surface area contributed by atoms with Crippen molar-refractivity contribution in [3.8, 4) is 0 Å². The van der Waals surface area contributed by atoms with E-state index in [2.05, 4.69) is 35.7 Å². The third-order valence-electron chi connectivity index (χ3n) is 5.86. The van der Waals surface area contributed by atoms with Gasteiger partial charge in [0.2, 0.25) is 5.91 Å². The fourth-order valence-electron chi connectivity index (χ4n) is 4.65. The number of hydrogen-bond acceptors (Lipinski definition) is 2. The number of benzene rings is 2. The minimum atomic E-state index is -0.0335. The molecule has 124 valence electrons. The van der Waals surface area contributed by atoms with Gasteiger partial charge in [-0.3, -0.25) is 4.79 Å². The Labute approximate surface area is 143 Å². The van der Waals surface area contributed by atoms with Crippen LogP contribution in [0.3, 0.4) is 0 Å². The summed E-state index contributed by atoms with van der Waals surface area (Å²) in [6.45, 7) is 2.07. The number of hydrazone groups is 1. The molecule has 2 bridgehead atoms. The van der Waals surface area contributed by atoms with Gasteiger partial charge in [-0.1, -0.05) is 48.9 Å². The monoisotopic (exact) mass is 320 g/mol. The summed E-state index contributed by atoms with van der Waals surface area (Å²) in [5.74, 6) is 2.25. The van der Waals surface area contributed by atoms with Crippen LogP contribution in [-0.2, 0) is 11.2 Å². The third kappa shape index (κ3) is 2.95. The zero-order valence-electron chi connectivity index (χ0n) is 14.2. The van der Waals surface area contributed by atoms with Crippen LogP contribution in [0.25, 0.3) is 10.8 Å². The quantitative estimate of drug-likeness (QED) is 0.662. The highest BCUT2D eigenvalue weighted by molar-refractivity contribution is 5.91. The average Bonchev–Trinajstić information content (AvgIpc) is 3.23. The van der Waals surface area contributed by atoms with Crippen molar-refractivity contribution in [1.29, 1.82) is 0 Å². The smallest absolute Gasteiger partial charge is 0.244 e. The van der Waals surface area contributed by atoms with Gasteiger partial charge in [-0.25, -0.2) is 5.43 Å². The van der Waals surface area contributed by atoms with Crippen molar-refractivity contribution in [1.82, 2.24) is 5.43 Å². The van der Waals surface area contributed by atoms with Gasteiger partial charge in [0.15, 0.2) is 0 Å². The maximum absolute atomic E-state index is 12.3. The molecule has 1 N–H and O–H groups in total. The van der Waals surface area contributed by atoms with Gasteiger partial charge in [-0.15, -0.1) is 0 Å². The summed E-state index contributed by atoms with van der Waals surface area (Å²) in [4.78, 5) is 12.3. The number of nitrogens with one attached hydrogen (secondary N) is 1. The Morgan fingerprint density at radius 3 is 2.75 bits per heavy atom. The lowest BCUT2D eigenvalue weighted by Crippen LogP contribution is -2.25. The Bertz CT molecular complexity index is 790. The Kier molecular flexibility index (Phi) is 4.09. The summed E-state index contributed by atoms with van der Waals surface area (Å²) in [7, 11) is 0. The highest BCUT2D eigenvalue weighted by atomic mass is 16.2. The van der Waals surface area contributed by atoms with Crippen LogP contribution in [0.4, 0.5) is 0 Å². The minimum Gasteiger partial charge on any atom is -0.273 e. The van der Waals surface area contributed by atoms with Crippen LogP contribution < -0.4 is 5.43 Å². The van der Waals surface area contributed by atoms with Crippen LogP contribution >= 0.6 is 0 Å². The first-order valence-corrected chi connectivity index (χ1v) is 9.00. The molecule has 2 aromatic carbocycles. The predicted octanol–water partition coefficient (Wildman–Crippen LogP) is 4.31. The number of carbonyl (C=O) groups is 1. The van der Waals surface area contributed by atoms with Crippen molar-refractivity contribution < 1.29 is 4.79 Å². The number of rotatable bonds is 4. The molecule has 3 nitrogen and oxygen atoms in total. The lowest BCUT2D eigenvalue weighted by atomic mass is 9.86. The molecule has 24 heavy (non-hydrogen) atoms. The molecule has 0 aromatic heterocycles. The fourth-order valence-corrected chi connectivity index (χ4v) is 4.65. The third-order valence-corrected chi connectivity index (χ3v) is 5.86. The molecule has 0 saturated heterocycles. The Balaban J connectivity index is 1.42. The lowest BCUT2D eigenvalue weighted by molar-refractivity contribution is -0.120. The number of hydrogen-bond donors (Lipinski definition) is 1. The van der Waals surface area contributed by atoms with E-state index in [1.807, 2.05) is 24.3 Å². The number of nitrogens with zero attached hydrogens (tertiary/aromatic N) is 1. The van der Waals surface area contributed by atoms with Crippen molar-refractivity contribution in [3.63, 3.8) is 0 Å². The standard InChI is InChI=1S/C21H24N2O/c1-14(20-12-15-9-10-18(20)11-15)22-23-21(24)13-17-7-4-6-16-5-2-3-8-19(16)17/h2-8,15,18,20H,9-13H2,1H3,(H,23,24)/t15-,18-,20-/m0/s1. The van der Waals surface area contributed by atoms with E-state index in [0.717, 1.165) is 28.5 Å². The first-order chi connectivity index (χ1) is 11.7. The summed E-state index contributed by atoms with van der Waals surface area (Å²) < 4.78 is 0. The maximum atomic E-state index is 12.3. The number of carbonyl (C=O) groups excluding carboxylic acids is 1. The van der Waals surface area contributed by atoms with Gasteiger partial charge in [-0.2, -0.15) is 5.10 Å². The van der Waals surface area contributed by atoms with E-state index in [1.165, 1.54) is 31.1 Å². The van der Waals surface area contributed by atoms with Gasteiger partial charge in [0.25, 0.3) is 0 Å². The minimum absolute atomic E-state index is 0.0335. The van der Waals surface area contributed by atoms with Crippen LogP contribution in [0.15, 0.2) is 47.6 Å². The second-order valence-electron chi connectivity index (χ2n) is 7.38. The molecule has 2 fully saturated rings. The summed E-state index contributed by atoms with van der Waals surface area (Å²) in [5.41, 5.74) is 4.94. The van der Waals surface area contributed by atoms with E-state index >= 15 is 0 Å². The zero-order valence-corrected chi connectivity index (χ0v) is 14.2. The van der Waals surface area contributed by atoms with E-state index < -0.39 is 0 Å². The molecular formula is C21H24N2O. The molecule has 0 unspecified atom stereocenters. The molecule has 3 atom stereocenters. The van der Waals surface area contributed by atoms with E-state index in [1.54, 1.807) is 0 Å². The van der Waals surface area contributed by atoms with E-state index in [0.29, 0.717) is 12.3 Å². The van der Waals surface area contributed by atoms with Crippen molar-refractivity contribution >= 4 is 22.4 Å². The molecule has 0 radical (unpaired) electrons. The van der Waals surface area contributed by atoms with Crippen molar-refractivity contribution in [2.45, 2.75) is 39.0 Å². The lowest BCUT2D eigenvalue weighted by Gasteiger charge is -2.21. The summed E-state index contributed by atoms with van der Waals surface area (Å²) >= 11 is 0. The Hall–Kier alpha value is -2.16. The molecule has 4 rings (SSSR count). The molecule has 0 heterocycles. The van der Waals surface area contributed by atoms with Gasteiger partial charge < -0.3 is 0 Å². The van der Waals surface area contributed by atoms with Gasteiger partial charge in [-0.05, 0) is 54.4 Å². The summed E-state index contributed by atoms with van der Waals surface area (Å²) in [6.07, 6.45) is 5.73. The second kappa shape index (κ2) is 6.39. The highest BCUT2D eigenvalue weighted by Gasteiger charge is 2.40. The molecule has 2 saturated carbocycles. The van der Waals surface area contributed by atoms with Gasteiger partial charge in [0, 0.05) is 11.6 Å². The Morgan fingerprint density at radius 2 is 1.96 bits per heavy atom. The van der Waals surface area contributed by atoms with Crippen LogP contribution in [0.2, 0.25) is 0 Å². The predicted molar refractivity (Wildman–Crippen MR) is 97.8 cm³/mol. The molecule has 0 aliphatic heterocycles. The first-order valence-electron chi connectivity index (χ1n) is 9.00. The van der Waals surface area contributed by atoms with Crippen molar-refractivity contribution in [3.05, 3.63) is 48.0 Å². The zero-order chi connectivity index (χ0) is 16.5. The maximum Gasteiger partial charge on any atom is 0.244 e. The molecule has 3 heteroatoms. The van der Waals surface area contributed by atoms with Crippen LogP contribution in [0, 0.1) is 17.8 Å². The summed E-state index contributed by atoms with van der Waals surface area (Å²) in [5, 5.41) is 6.73. The molecular weight excluding hydrogens is 296 g/mol. The molecule has 0 spiro atoms. The molecule has 2 aliphatic rings. The van der Waals surface area contributed by atoms with Gasteiger partial charge in [0.05, 0.1) is 6.42 Å². The normalized spacial score (nSPS) is 26.0. The topological polar surface area (TPSA) is 41.5 Å². The molecule has 2 aliphatic carbocycles. The van der Waals surface area contributed by atoms with Crippen LogP contribution in [0.5, 0.6) is 0 Å². The largest absolute Gasteiger partial charge is 0.273 e. The van der Waals surface area contributed by atoms with Gasteiger partial charge >= 0.3 is 0 Å². The second-order valence-corrected chi connectivity index (χ2v) is 7.38. The van der Waals surface area contributed by atoms with Crippen molar-refractivity contribution in [2.75, 3.05) is 0 Å². The molecule has 2 aromatic rings. The summed E-state index contributed by atoms with van der Waals surface area (Å²) in [6, 6.07) is 14.3. The fraction of sp³-hybridized carbons (Fsp3) is 0.429. The average molecular weight is 320 g/mol. The highest BCUT2D eigenvalue weighted by Crippen LogP contribution is 2.48. The number of fused-ring (bicyclic) bond motifs is 3. The van der Waals surface area contributed by atoms with E-state index in [4.69, 9.17) is 0 Å². The SMILES string of the molecule is CC(=NNC(=O)Cc1cccc2ccccc12)[C@@H]1C[C@H]2CC[C@H]1C2. The van der Waals surface area contributed by atoms with Crippen LogP contribution in [0.1, 0.15) is 38.2 Å². The van der Waals surface area contributed by atoms with Gasteiger partial charge in [0.1, 0.15) is 0 Å². The van der Waals surface area contributed by atoms with Crippen LogP contribution in [-0.4, -0.2) is 11.6 Å². The van der Waals surface area contributed by atoms with Crippen molar-refractivity contribution in [2.24, 2.45) is 22.9 Å². The Morgan fingerprint density at radius 1 is 1.12 bits per heavy atom. The number of amides is 1.